The van der Waals surface area contributed by atoms with Gasteiger partial charge in [0.2, 0.25) is 0 Å². The van der Waals surface area contributed by atoms with Crippen molar-refractivity contribution in [3.63, 3.8) is 0 Å². The van der Waals surface area contributed by atoms with Gasteiger partial charge in [-0.3, -0.25) is 0 Å². The largest absolute Gasteiger partial charge is 0.456 e. The fraction of sp³-hybridized carbons (Fsp3) is 0.133. The minimum absolute atomic E-state index is 0.513. The minimum atomic E-state index is 0.513. The van der Waals surface area contributed by atoms with Crippen molar-refractivity contribution < 1.29 is 4.74 Å². The molecule has 0 saturated carbocycles. The van der Waals surface area contributed by atoms with Crippen LogP contribution in [0, 0.1) is 11.3 Å². The zero-order valence-electron chi connectivity index (χ0n) is 9.98. The van der Waals surface area contributed by atoms with Gasteiger partial charge in [0, 0.05) is 4.47 Å². The Morgan fingerprint density at radius 1 is 1.22 bits per heavy atom. The van der Waals surface area contributed by atoms with E-state index in [1.165, 1.54) is 5.56 Å². The van der Waals surface area contributed by atoms with Gasteiger partial charge in [0.05, 0.1) is 0 Å². The lowest BCUT2D eigenvalue weighted by Crippen LogP contribution is -1.90. The first-order valence-electron chi connectivity index (χ1n) is 5.70. The van der Waals surface area contributed by atoms with Gasteiger partial charge in [0.15, 0.2) is 0 Å². The van der Waals surface area contributed by atoms with Gasteiger partial charge in [0.1, 0.15) is 23.1 Å². The second-order valence-electron chi connectivity index (χ2n) is 3.83. The predicted octanol–water partition coefficient (Wildman–Crippen LogP) is 4.68. The molecule has 0 aliphatic rings. The molecule has 0 bridgehead atoms. The first-order valence-corrected chi connectivity index (χ1v) is 6.49. The molecule has 0 aliphatic heterocycles. The molecule has 3 heteroatoms. The van der Waals surface area contributed by atoms with E-state index in [9.17, 15) is 0 Å². The third kappa shape index (κ3) is 2.72. The van der Waals surface area contributed by atoms with Crippen LogP contribution in [-0.4, -0.2) is 0 Å². The van der Waals surface area contributed by atoms with Crippen LogP contribution in [0.1, 0.15) is 18.1 Å². The first kappa shape index (κ1) is 12.7. The van der Waals surface area contributed by atoms with Gasteiger partial charge in [0.25, 0.3) is 0 Å². The Labute approximate surface area is 115 Å². The van der Waals surface area contributed by atoms with Crippen molar-refractivity contribution in [3.8, 4) is 17.6 Å². The summed E-state index contributed by atoms with van der Waals surface area (Å²) in [6.07, 6.45) is 0.959. The molecule has 2 nitrogen and oxygen atoms in total. The first-order chi connectivity index (χ1) is 8.74. The lowest BCUT2D eigenvalue weighted by Gasteiger charge is -2.09. The zero-order valence-corrected chi connectivity index (χ0v) is 11.6. The van der Waals surface area contributed by atoms with Crippen molar-refractivity contribution in [2.45, 2.75) is 13.3 Å². The lowest BCUT2D eigenvalue weighted by atomic mass is 10.1. The Morgan fingerprint density at radius 3 is 2.72 bits per heavy atom. The van der Waals surface area contributed by atoms with Crippen LogP contribution >= 0.6 is 15.9 Å². The molecule has 0 aromatic heterocycles. The van der Waals surface area contributed by atoms with Crippen molar-refractivity contribution in [3.05, 3.63) is 58.1 Å². The number of halogens is 1. The van der Waals surface area contributed by atoms with Gasteiger partial charge in [-0.15, -0.1) is 0 Å². The number of benzene rings is 2. The smallest absolute Gasteiger partial charge is 0.146 e. The molecule has 0 amide bonds. The summed E-state index contributed by atoms with van der Waals surface area (Å²) < 4.78 is 6.52. The van der Waals surface area contributed by atoms with E-state index in [0.29, 0.717) is 11.3 Å². The van der Waals surface area contributed by atoms with Gasteiger partial charge in [-0.25, -0.2) is 0 Å². The number of ether oxygens (including phenoxy) is 1. The van der Waals surface area contributed by atoms with Crippen molar-refractivity contribution >= 4 is 15.9 Å². The molecule has 90 valence electrons. The summed E-state index contributed by atoms with van der Waals surface area (Å²) >= 11 is 3.35. The fourth-order valence-corrected chi connectivity index (χ4v) is 2.09. The van der Waals surface area contributed by atoms with E-state index in [-0.39, 0.29) is 0 Å². The number of nitrogens with zero attached hydrogens (tertiary/aromatic N) is 1. The molecule has 0 saturated heterocycles. The highest BCUT2D eigenvalue weighted by molar-refractivity contribution is 9.10. The molecule has 0 heterocycles. The van der Waals surface area contributed by atoms with E-state index in [0.717, 1.165) is 16.6 Å². The van der Waals surface area contributed by atoms with Crippen LogP contribution in [0.4, 0.5) is 0 Å². The summed E-state index contributed by atoms with van der Waals surface area (Å²) in [5.74, 6) is 1.32. The normalized spacial score (nSPS) is 9.83. The zero-order chi connectivity index (χ0) is 13.0. The average molecular weight is 302 g/mol. The van der Waals surface area contributed by atoms with E-state index < -0.39 is 0 Å². The van der Waals surface area contributed by atoms with Crippen LogP contribution in [0.15, 0.2) is 46.9 Å². The topological polar surface area (TPSA) is 33.0 Å². The van der Waals surface area contributed by atoms with Crippen LogP contribution in [0.5, 0.6) is 11.5 Å². The molecule has 0 fully saturated rings. The highest BCUT2D eigenvalue weighted by Crippen LogP contribution is 2.30. The second-order valence-corrected chi connectivity index (χ2v) is 4.68. The van der Waals surface area contributed by atoms with E-state index in [2.05, 4.69) is 35.0 Å². The Balaban J connectivity index is 2.34. The molecule has 0 radical (unpaired) electrons. The van der Waals surface area contributed by atoms with E-state index >= 15 is 0 Å². The monoisotopic (exact) mass is 301 g/mol. The van der Waals surface area contributed by atoms with Crippen molar-refractivity contribution in [2.24, 2.45) is 0 Å². The Morgan fingerprint density at radius 2 is 2.00 bits per heavy atom. The van der Waals surface area contributed by atoms with Gasteiger partial charge in [-0.1, -0.05) is 25.1 Å². The van der Waals surface area contributed by atoms with Gasteiger partial charge < -0.3 is 4.74 Å². The van der Waals surface area contributed by atoms with Gasteiger partial charge >= 0.3 is 0 Å². The summed E-state index contributed by atoms with van der Waals surface area (Å²) in [4.78, 5) is 0. The molecule has 2 aromatic rings. The SMILES string of the molecule is CCc1cccc(Oc2cccc(Br)c2C#N)c1. The lowest BCUT2D eigenvalue weighted by molar-refractivity contribution is 0.480. The van der Waals surface area contributed by atoms with Crippen LogP contribution in [0.3, 0.4) is 0 Å². The fourth-order valence-electron chi connectivity index (χ4n) is 1.65. The molecule has 18 heavy (non-hydrogen) atoms. The van der Waals surface area contributed by atoms with Gasteiger partial charge in [-0.2, -0.15) is 5.26 Å². The maximum atomic E-state index is 9.12. The quantitative estimate of drug-likeness (QED) is 0.825. The summed E-state index contributed by atoms with van der Waals surface area (Å²) in [6.45, 7) is 2.10. The molecular weight excluding hydrogens is 290 g/mol. The van der Waals surface area contributed by atoms with Crippen LogP contribution < -0.4 is 4.74 Å². The van der Waals surface area contributed by atoms with Crippen molar-refractivity contribution in [1.82, 2.24) is 0 Å². The van der Waals surface area contributed by atoms with Crippen molar-refractivity contribution in [2.75, 3.05) is 0 Å². The van der Waals surface area contributed by atoms with Crippen LogP contribution in [-0.2, 0) is 6.42 Å². The van der Waals surface area contributed by atoms with Crippen LogP contribution in [0.2, 0.25) is 0 Å². The highest BCUT2D eigenvalue weighted by Gasteiger charge is 2.08. The Hall–Kier alpha value is -1.79. The molecule has 0 atom stereocenters. The second kappa shape index (κ2) is 5.70. The number of nitriles is 1. The average Bonchev–Trinajstić information content (AvgIpc) is 2.39. The maximum absolute atomic E-state index is 9.12. The Kier molecular flexibility index (Phi) is 4.01. The molecule has 0 N–H and O–H groups in total. The number of hydrogen-bond acceptors (Lipinski definition) is 2. The van der Waals surface area contributed by atoms with E-state index in [1.807, 2.05) is 30.3 Å². The molecule has 0 spiro atoms. The van der Waals surface area contributed by atoms with Crippen LogP contribution in [0.25, 0.3) is 0 Å². The molecular formula is C15H12BrNO. The van der Waals surface area contributed by atoms with E-state index in [1.54, 1.807) is 6.07 Å². The summed E-state index contributed by atoms with van der Waals surface area (Å²) in [6, 6.07) is 15.5. The summed E-state index contributed by atoms with van der Waals surface area (Å²) in [5, 5.41) is 9.12. The predicted molar refractivity (Wildman–Crippen MR) is 74.8 cm³/mol. The standard InChI is InChI=1S/C15H12BrNO/c1-2-11-5-3-6-12(9-11)18-15-8-4-7-14(16)13(15)10-17/h3-9H,2H2,1H3. The third-order valence-corrected chi connectivity index (χ3v) is 3.28. The number of hydrogen-bond donors (Lipinski definition) is 0. The minimum Gasteiger partial charge on any atom is -0.456 e. The summed E-state index contributed by atoms with van der Waals surface area (Å²) in [7, 11) is 0. The molecule has 0 unspecified atom stereocenters. The molecule has 2 rings (SSSR count). The van der Waals surface area contributed by atoms with Crippen molar-refractivity contribution in [1.29, 1.82) is 5.26 Å². The maximum Gasteiger partial charge on any atom is 0.146 e. The molecule has 0 aliphatic carbocycles. The van der Waals surface area contributed by atoms with E-state index in [4.69, 9.17) is 10.00 Å². The molecule has 2 aromatic carbocycles. The van der Waals surface area contributed by atoms with Gasteiger partial charge in [-0.05, 0) is 52.2 Å². The third-order valence-electron chi connectivity index (χ3n) is 2.62. The Bertz CT molecular complexity index is 602. The number of aryl methyl sites for hydroxylation is 1. The highest BCUT2D eigenvalue weighted by atomic mass is 79.9. The summed E-state index contributed by atoms with van der Waals surface area (Å²) in [5.41, 5.74) is 1.72. The number of rotatable bonds is 3.